The number of anilines is 1. The van der Waals surface area contributed by atoms with E-state index < -0.39 is 18.1 Å². The summed E-state index contributed by atoms with van der Waals surface area (Å²) in [6.45, 7) is 4.89. The molecule has 3 aliphatic heterocycles. The highest BCUT2D eigenvalue weighted by Crippen LogP contribution is 2.40. The Morgan fingerprint density at radius 1 is 1.13 bits per heavy atom. The van der Waals surface area contributed by atoms with E-state index in [0.717, 1.165) is 55.1 Å². The van der Waals surface area contributed by atoms with Crippen LogP contribution in [0, 0.1) is 11.3 Å². The van der Waals surface area contributed by atoms with E-state index >= 15 is 0 Å². The van der Waals surface area contributed by atoms with Crippen LogP contribution in [0.15, 0.2) is 42.7 Å². The minimum atomic E-state index is -1.64. The number of fused-ring (bicyclic) bond motifs is 3. The van der Waals surface area contributed by atoms with Gasteiger partial charge in [0.1, 0.15) is 12.4 Å². The molecule has 6 heterocycles. The first-order chi connectivity index (χ1) is 21.9. The molecule has 2 atom stereocenters. The molecule has 3 aromatic heterocycles. The quantitative estimate of drug-likeness (QED) is 0.273. The number of aromatic nitrogens is 4. The number of nitrogens with zero attached hydrogens (tertiary/aromatic N) is 8. The minimum absolute atomic E-state index is 0.00602. The monoisotopic (exact) mass is 628 g/mol. The number of hydrogen-bond donors (Lipinski definition) is 0. The summed E-state index contributed by atoms with van der Waals surface area (Å²) < 4.78 is 20.4. The number of nitriles is 1. The number of piperazine rings is 1. The molecule has 7 rings (SSSR count). The van der Waals surface area contributed by atoms with Crippen molar-refractivity contribution >= 4 is 45.1 Å². The molecule has 1 unspecified atom stereocenters. The maximum absolute atomic E-state index is 14.0. The third-order valence-electron chi connectivity index (χ3n) is 9.54. The fourth-order valence-corrected chi connectivity index (χ4v) is 7.60. The zero-order chi connectivity index (χ0) is 31.1. The van der Waals surface area contributed by atoms with Crippen LogP contribution < -0.4 is 9.64 Å². The molecule has 45 heavy (non-hydrogen) atoms. The van der Waals surface area contributed by atoms with Crippen LogP contribution in [0.1, 0.15) is 39.0 Å². The fraction of sp³-hybridized carbons (Fsp3) is 0.455. The average Bonchev–Trinajstić information content (AvgIpc) is 3.63. The van der Waals surface area contributed by atoms with Gasteiger partial charge in [-0.3, -0.25) is 14.7 Å². The SMILES string of the molecule is CC(F)C(=O)N1CCN(c2nc(OCC34CCCN3CCC4)nc3nc(-c4cncc5cccc(Cl)c45)ccc23)C[C@@H]1CC#N. The second-order valence-electron chi connectivity index (χ2n) is 12.2. The van der Waals surface area contributed by atoms with Crippen LogP contribution in [0.4, 0.5) is 10.2 Å². The van der Waals surface area contributed by atoms with Crippen molar-refractivity contribution < 1.29 is 13.9 Å². The Hall–Kier alpha value is -4.14. The topological polar surface area (TPSA) is 111 Å². The molecular formula is C33H34ClFN8O2. The van der Waals surface area contributed by atoms with E-state index in [2.05, 4.69) is 16.0 Å². The Labute approximate surface area is 265 Å². The molecular weight excluding hydrogens is 595 g/mol. The molecule has 0 radical (unpaired) electrons. The lowest BCUT2D eigenvalue weighted by atomic mass is 9.95. The minimum Gasteiger partial charge on any atom is -0.461 e. The first-order valence-corrected chi connectivity index (χ1v) is 15.9. The van der Waals surface area contributed by atoms with Gasteiger partial charge in [0.2, 0.25) is 0 Å². The fourth-order valence-electron chi connectivity index (χ4n) is 7.32. The van der Waals surface area contributed by atoms with Gasteiger partial charge in [-0.1, -0.05) is 23.7 Å². The van der Waals surface area contributed by atoms with Gasteiger partial charge in [0, 0.05) is 53.4 Å². The van der Waals surface area contributed by atoms with Gasteiger partial charge in [-0.05, 0) is 63.9 Å². The van der Waals surface area contributed by atoms with Crippen LogP contribution >= 0.6 is 11.6 Å². The van der Waals surface area contributed by atoms with Gasteiger partial charge < -0.3 is 14.5 Å². The van der Waals surface area contributed by atoms with E-state index in [0.29, 0.717) is 47.3 Å². The molecule has 0 aliphatic carbocycles. The number of rotatable bonds is 7. The highest BCUT2D eigenvalue weighted by atomic mass is 35.5. The molecule has 0 spiro atoms. The normalized spacial score (nSPS) is 20.4. The average molecular weight is 629 g/mol. The van der Waals surface area contributed by atoms with Crippen LogP contribution in [0.2, 0.25) is 5.02 Å². The number of alkyl halides is 1. The summed E-state index contributed by atoms with van der Waals surface area (Å²) in [6.07, 6.45) is 6.45. The Morgan fingerprint density at radius 2 is 1.96 bits per heavy atom. The molecule has 3 aliphatic rings. The second kappa shape index (κ2) is 12.0. The van der Waals surface area contributed by atoms with E-state index in [1.165, 1.54) is 11.8 Å². The van der Waals surface area contributed by atoms with Crippen molar-refractivity contribution in [3.05, 3.63) is 47.7 Å². The summed E-state index contributed by atoms with van der Waals surface area (Å²) in [4.78, 5) is 37.8. The number of hydrogen-bond acceptors (Lipinski definition) is 9. The zero-order valence-electron chi connectivity index (χ0n) is 25.1. The van der Waals surface area contributed by atoms with Gasteiger partial charge in [0.05, 0.1) is 35.2 Å². The molecule has 3 fully saturated rings. The van der Waals surface area contributed by atoms with E-state index in [1.54, 1.807) is 12.4 Å². The number of ether oxygens (including phenoxy) is 1. The summed E-state index contributed by atoms with van der Waals surface area (Å²) in [5, 5.41) is 12.6. The number of amides is 1. The Balaban J connectivity index is 1.29. The van der Waals surface area contributed by atoms with E-state index in [1.807, 2.05) is 35.2 Å². The van der Waals surface area contributed by atoms with Gasteiger partial charge in [-0.15, -0.1) is 0 Å². The molecule has 0 bridgehead atoms. The number of benzene rings is 1. The second-order valence-corrected chi connectivity index (χ2v) is 12.6. The van der Waals surface area contributed by atoms with Crippen molar-refractivity contribution in [2.75, 3.05) is 44.2 Å². The Kier molecular flexibility index (Phi) is 7.88. The number of halogens is 2. The van der Waals surface area contributed by atoms with Crippen molar-refractivity contribution in [1.29, 1.82) is 5.26 Å². The van der Waals surface area contributed by atoms with E-state index in [9.17, 15) is 14.4 Å². The lowest BCUT2D eigenvalue weighted by Gasteiger charge is -2.41. The molecule has 0 N–H and O–H groups in total. The van der Waals surface area contributed by atoms with Crippen LogP contribution in [-0.2, 0) is 4.79 Å². The van der Waals surface area contributed by atoms with Crippen LogP contribution in [0.25, 0.3) is 33.1 Å². The molecule has 0 saturated carbocycles. The first kappa shape index (κ1) is 29.6. The Morgan fingerprint density at radius 3 is 2.73 bits per heavy atom. The van der Waals surface area contributed by atoms with Gasteiger partial charge in [0.15, 0.2) is 11.8 Å². The van der Waals surface area contributed by atoms with Gasteiger partial charge in [-0.25, -0.2) is 9.37 Å². The van der Waals surface area contributed by atoms with Gasteiger partial charge in [-0.2, -0.15) is 15.2 Å². The summed E-state index contributed by atoms with van der Waals surface area (Å²) in [5.41, 5.74) is 1.91. The van der Waals surface area contributed by atoms with Crippen molar-refractivity contribution in [2.45, 2.75) is 56.8 Å². The number of carbonyl (C=O) groups is 1. The summed E-state index contributed by atoms with van der Waals surface area (Å²) >= 11 is 6.64. The van der Waals surface area contributed by atoms with Crippen molar-refractivity contribution in [2.24, 2.45) is 0 Å². The lowest BCUT2D eigenvalue weighted by Crippen LogP contribution is -2.56. The highest BCUT2D eigenvalue weighted by Gasteiger charge is 2.45. The molecule has 232 valence electrons. The van der Waals surface area contributed by atoms with Crippen molar-refractivity contribution in [1.82, 2.24) is 29.7 Å². The van der Waals surface area contributed by atoms with Crippen LogP contribution in [-0.4, -0.2) is 92.7 Å². The number of pyridine rings is 2. The lowest BCUT2D eigenvalue weighted by molar-refractivity contribution is -0.138. The smallest absolute Gasteiger partial charge is 0.320 e. The van der Waals surface area contributed by atoms with E-state index in [-0.39, 0.29) is 24.5 Å². The largest absolute Gasteiger partial charge is 0.461 e. The molecule has 1 amide bonds. The predicted molar refractivity (Wildman–Crippen MR) is 170 cm³/mol. The Bertz CT molecular complexity index is 1800. The molecule has 1 aromatic carbocycles. The molecule has 3 saturated heterocycles. The third-order valence-corrected chi connectivity index (χ3v) is 9.86. The summed E-state index contributed by atoms with van der Waals surface area (Å²) in [5.74, 6) is 0.00994. The van der Waals surface area contributed by atoms with Crippen LogP contribution in [0.5, 0.6) is 6.01 Å². The standard InChI is InChI=1S/C33H34ClFN8O2/c1-21(35)31(44)43-16-15-41(19-23(43)9-12-36)30-24-7-8-27(25-18-37-17-22-5-2-6-26(34)28(22)25)38-29(24)39-32(40-30)45-20-33-10-3-13-42(33)14-4-11-33/h2,5-8,17-18,21,23H,3-4,9-11,13-16,19-20H2,1H3/t21?,23-/m0/s1. The van der Waals surface area contributed by atoms with E-state index in [4.69, 9.17) is 31.3 Å². The third kappa shape index (κ3) is 5.40. The molecule has 4 aromatic rings. The summed E-state index contributed by atoms with van der Waals surface area (Å²) in [7, 11) is 0. The number of carbonyl (C=O) groups excluding carboxylic acids is 1. The maximum Gasteiger partial charge on any atom is 0.320 e. The highest BCUT2D eigenvalue weighted by molar-refractivity contribution is 6.36. The van der Waals surface area contributed by atoms with Gasteiger partial charge >= 0.3 is 6.01 Å². The predicted octanol–water partition coefficient (Wildman–Crippen LogP) is 5.19. The summed E-state index contributed by atoms with van der Waals surface area (Å²) in [6, 6.07) is 11.5. The van der Waals surface area contributed by atoms with Crippen LogP contribution in [0.3, 0.4) is 0 Å². The first-order valence-electron chi connectivity index (χ1n) is 15.5. The zero-order valence-corrected chi connectivity index (χ0v) is 25.9. The molecule has 12 heteroatoms. The van der Waals surface area contributed by atoms with Crippen molar-refractivity contribution in [3.63, 3.8) is 0 Å². The van der Waals surface area contributed by atoms with Crippen molar-refractivity contribution in [3.8, 4) is 23.3 Å². The maximum atomic E-state index is 14.0. The van der Waals surface area contributed by atoms with Gasteiger partial charge in [0.25, 0.3) is 5.91 Å². The molecule has 10 nitrogen and oxygen atoms in total.